The lowest BCUT2D eigenvalue weighted by atomic mass is 9.67. The van der Waals surface area contributed by atoms with Gasteiger partial charge in [0.1, 0.15) is 0 Å². The summed E-state index contributed by atoms with van der Waals surface area (Å²) in [5.74, 6) is 0.268. The number of halogens is 2. The van der Waals surface area contributed by atoms with Crippen LogP contribution in [-0.4, -0.2) is 30.8 Å². The van der Waals surface area contributed by atoms with Gasteiger partial charge in [-0.15, -0.1) is 0 Å². The third-order valence-corrected chi connectivity index (χ3v) is 7.83. The number of carbonyl (C=O) groups excluding carboxylic acids is 1. The van der Waals surface area contributed by atoms with Gasteiger partial charge in [-0.05, 0) is 71.5 Å². The van der Waals surface area contributed by atoms with Crippen LogP contribution in [0.3, 0.4) is 0 Å². The standard InChI is InChI=1S/C28H28Br2N2O/c1-28(2)13-23-26(24(33)14-28)25(18-6-10-21(30)11-7-18)22-16-32(3)15-19(27(22)31-23)12-17-4-8-20(29)9-5-17/h4-12,25,31H,13-16H2,1-3H3/b19-12-. The number of benzene rings is 2. The van der Waals surface area contributed by atoms with Crippen LogP contribution in [0.5, 0.6) is 0 Å². The summed E-state index contributed by atoms with van der Waals surface area (Å²) in [7, 11) is 2.16. The van der Waals surface area contributed by atoms with Crippen molar-refractivity contribution in [3.8, 4) is 0 Å². The fourth-order valence-electron chi connectivity index (χ4n) is 5.41. The molecule has 3 aliphatic rings. The lowest BCUT2D eigenvalue weighted by Gasteiger charge is -2.44. The van der Waals surface area contributed by atoms with Crippen LogP contribution in [0.4, 0.5) is 0 Å². The molecular weight excluding hydrogens is 540 g/mol. The Morgan fingerprint density at radius 1 is 0.970 bits per heavy atom. The topological polar surface area (TPSA) is 32.3 Å². The summed E-state index contributed by atoms with van der Waals surface area (Å²) >= 11 is 7.11. The van der Waals surface area contributed by atoms with Crippen LogP contribution in [-0.2, 0) is 4.79 Å². The van der Waals surface area contributed by atoms with Crippen LogP contribution in [0.1, 0.15) is 43.7 Å². The number of Topliss-reactive ketones (excluding diaryl/α,β-unsaturated/α-hetero) is 1. The van der Waals surface area contributed by atoms with Gasteiger partial charge in [-0.1, -0.05) is 70.0 Å². The van der Waals surface area contributed by atoms with Gasteiger partial charge in [0, 0.05) is 51.3 Å². The van der Waals surface area contributed by atoms with Gasteiger partial charge in [-0.25, -0.2) is 0 Å². The fourth-order valence-corrected chi connectivity index (χ4v) is 5.93. The summed E-state index contributed by atoms with van der Waals surface area (Å²) in [4.78, 5) is 15.8. The molecule has 0 bridgehead atoms. The SMILES string of the molecule is CN1CC2=C(NC3=C(C(=O)CC(C)(C)C3)C2c2ccc(Br)cc2)/C(=C\c2ccc(Br)cc2)C1. The van der Waals surface area contributed by atoms with E-state index in [1.54, 1.807) is 0 Å². The number of carbonyl (C=O) groups is 1. The fraction of sp³-hybridized carbons (Fsp3) is 0.321. The van der Waals surface area contributed by atoms with Crippen molar-refractivity contribution in [1.82, 2.24) is 10.2 Å². The number of allylic oxidation sites excluding steroid dienone is 2. The van der Waals surface area contributed by atoms with Crippen LogP contribution in [0.15, 0.2) is 85.6 Å². The average molecular weight is 568 g/mol. The highest BCUT2D eigenvalue weighted by atomic mass is 79.9. The Bertz CT molecular complexity index is 1200. The van der Waals surface area contributed by atoms with Crippen molar-refractivity contribution in [2.45, 2.75) is 32.6 Å². The Hall–Kier alpha value is -1.95. The molecule has 5 heteroatoms. The second-order valence-corrected chi connectivity index (χ2v) is 12.1. The lowest BCUT2D eigenvalue weighted by molar-refractivity contribution is -0.118. The summed E-state index contributed by atoms with van der Waals surface area (Å²) in [5, 5.41) is 3.78. The first-order valence-corrected chi connectivity index (χ1v) is 13.0. The van der Waals surface area contributed by atoms with Gasteiger partial charge in [-0.3, -0.25) is 9.69 Å². The first-order chi connectivity index (χ1) is 15.7. The Kier molecular flexibility index (Phi) is 6.00. The Labute approximate surface area is 212 Å². The maximum absolute atomic E-state index is 13.5. The minimum atomic E-state index is -0.0354. The zero-order valence-electron chi connectivity index (χ0n) is 19.2. The van der Waals surface area contributed by atoms with Gasteiger partial charge in [-0.2, -0.15) is 0 Å². The number of ketones is 1. The summed E-state index contributed by atoms with van der Waals surface area (Å²) in [6.45, 7) is 6.10. The van der Waals surface area contributed by atoms with Crippen molar-refractivity contribution in [1.29, 1.82) is 0 Å². The van der Waals surface area contributed by atoms with Crippen LogP contribution in [0, 0.1) is 5.41 Å². The van der Waals surface area contributed by atoms with Gasteiger partial charge < -0.3 is 5.32 Å². The molecule has 1 N–H and O–H groups in total. The predicted octanol–water partition coefficient (Wildman–Crippen LogP) is 6.82. The smallest absolute Gasteiger partial charge is 0.162 e. The van der Waals surface area contributed by atoms with Gasteiger partial charge in [0.25, 0.3) is 0 Å². The first kappa shape index (κ1) is 22.8. The third-order valence-electron chi connectivity index (χ3n) is 6.77. The molecule has 0 saturated heterocycles. The maximum Gasteiger partial charge on any atom is 0.162 e. The third kappa shape index (κ3) is 4.55. The minimum absolute atomic E-state index is 0.0102. The highest BCUT2D eigenvalue weighted by molar-refractivity contribution is 9.10. The maximum atomic E-state index is 13.5. The second-order valence-electron chi connectivity index (χ2n) is 10.2. The van der Waals surface area contributed by atoms with Crippen LogP contribution in [0.2, 0.25) is 0 Å². The molecule has 3 nitrogen and oxygen atoms in total. The zero-order chi connectivity index (χ0) is 23.3. The van der Waals surface area contributed by atoms with E-state index in [1.807, 2.05) is 0 Å². The molecule has 1 atom stereocenters. The molecule has 0 amide bonds. The van der Waals surface area contributed by atoms with E-state index in [2.05, 4.69) is 118 Å². The molecule has 2 aliphatic heterocycles. The highest BCUT2D eigenvalue weighted by Gasteiger charge is 2.43. The van der Waals surface area contributed by atoms with Crippen molar-refractivity contribution >= 4 is 43.7 Å². The van der Waals surface area contributed by atoms with Crippen LogP contribution < -0.4 is 5.32 Å². The number of rotatable bonds is 2. The molecule has 170 valence electrons. The van der Waals surface area contributed by atoms with Crippen molar-refractivity contribution in [2.24, 2.45) is 5.41 Å². The lowest BCUT2D eigenvalue weighted by Crippen LogP contribution is -2.43. The van der Waals surface area contributed by atoms with Crippen molar-refractivity contribution in [3.63, 3.8) is 0 Å². The zero-order valence-corrected chi connectivity index (χ0v) is 22.4. The van der Waals surface area contributed by atoms with E-state index >= 15 is 0 Å². The molecule has 5 rings (SSSR count). The molecule has 0 spiro atoms. The number of nitrogens with zero attached hydrogens (tertiary/aromatic N) is 1. The monoisotopic (exact) mass is 566 g/mol. The van der Waals surface area contributed by atoms with Gasteiger partial charge in [0.05, 0.1) is 0 Å². The van der Waals surface area contributed by atoms with E-state index in [4.69, 9.17) is 0 Å². The number of hydrogen-bond acceptors (Lipinski definition) is 3. The van der Waals surface area contributed by atoms with Crippen molar-refractivity contribution < 1.29 is 4.79 Å². The summed E-state index contributed by atoms with van der Waals surface area (Å²) in [6, 6.07) is 16.9. The first-order valence-electron chi connectivity index (χ1n) is 11.4. The highest BCUT2D eigenvalue weighted by Crippen LogP contribution is 2.48. The quantitative estimate of drug-likeness (QED) is 0.432. The Morgan fingerprint density at radius 3 is 2.27 bits per heavy atom. The molecule has 2 aromatic rings. The molecule has 2 aromatic carbocycles. The number of hydrogen-bond donors (Lipinski definition) is 1. The second kappa shape index (κ2) is 8.68. The number of dihydropyridines is 1. The molecule has 33 heavy (non-hydrogen) atoms. The predicted molar refractivity (Wildman–Crippen MR) is 142 cm³/mol. The molecule has 1 unspecified atom stereocenters. The van der Waals surface area contributed by atoms with Gasteiger partial charge in [0.2, 0.25) is 0 Å². The van der Waals surface area contributed by atoms with E-state index in [-0.39, 0.29) is 17.1 Å². The van der Waals surface area contributed by atoms with Gasteiger partial charge >= 0.3 is 0 Å². The van der Waals surface area contributed by atoms with Crippen molar-refractivity contribution in [3.05, 3.63) is 96.7 Å². The van der Waals surface area contributed by atoms with E-state index in [1.165, 1.54) is 28.0 Å². The van der Waals surface area contributed by atoms with E-state index < -0.39 is 0 Å². The van der Waals surface area contributed by atoms with E-state index in [0.29, 0.717) is 6.42 Å². The number of likely N-dealkylation sites (N-methyl/N-ethyl adjacent to an activating group) is 1. The Morgan fingerprint density at radius 2 is 1.61 bits per heavy atom. The Balaban J connectivity index is 1.68. The molecule has 0 fully saturated rings. The summed E-state index contributed by atoms with van der Waals surface area (Å²) < 4.78 is 2.13. The molecular formula is C28H28Br2N2O. The normalized spacial score (nSPS) is 24.0. The molecule has 0 radical (unpaired) electrons. The number of nitrogens with one attached hydrogen (secondary N) is 1. The summed E-state index contributed by atoms with van der Waals surface area (Å²) in [5.41, 5.74) is 8.16. The summed E-state index contributed by atoms with van der Waals surface area (Å²) in [6.07, 6.45) is 3.77. The van der Waals surface area contributed by atoms with Crippen molar-refractivity contribution in [2.75, 3.05) is 20.1 Å². The van der Waals surface area contributed by atoms with Crippen LogP contribution in [0.25, 0.3) is 6.08 Å². The van der Waals surface area contributed by atoms with E-state index in [0.717, 1.165) is 39.7 Å². The van der Waals surface area contributed by atoms with E-state index in [9.17, 15) is 4.79 Å². The minimum Gasteiger partial charge on any atom is -0.358 e. The van der Waals surface area contributed by atoms with Gasteiger partial charge in [0.15, 0.2) is 5.78 Å². The molecule has 0 aromatic heterocycles. The molecule has 2 heterocycles. The molecule has 0 saturated carbocycles. The largest absolute Gasteiger partial charge is 0.358 e. The average Bonchev–Trinajstić information content (AvgIpc) is 2.74. The van der Waals surface area contributed by atoms with Crippen LogP contribution >= 0.6 is 31.9 Å². The molecule has 1 aliphatic carbocycles.